The van der Waals surface area contributed by atoms with Crippen molar-refractivity contribution in [3.63, 3.8) is 0 Å². The zero-order valence-electron chi connectivity index (χ0n) is 11.2. The molecule has 0 heterocycles. The molecular weight excluding hydrogens is 198 g/mol. The minimum absolute atomic E-state index is 0.426. The van der Waals surface area contributed by atoms with Gasteiger partial charge < -0.3 is 0 Å². The molecule has 0 atom stereocenters. The van der Waals surface area contributed by atoms with Gasteiger partial charge in [0.15, 0.2) is 0 Å². The second kappa shape index (κ2) is 7.05. The highest BCUT2D eigenvalue weighted by Crippen LogP contribution is 2.24. The fraction of sp³-hybridized carbons (Fsp3) is 0.929. The largest absolute Gasteiger partial charge is 0.298 e. The topological polar surface area (TPSA) is 20.3 Å². The average Bonchev–Trinajstić information content (AvgIpc) is 2.68. The zero-order valence-corrected chi connectivity index (χ0v) is 11.2. The van der Waals surface area contributed by atoms with Crippen LogP contribution >= 0.6 is 0 Å². The fourth-order valence-corrected chi connectivity index (χ4v) is 2.67. The lowest BCUT2D eigenvalue weighted by Crippen LogP contribution is -2.39. The lowest BCUT2D eigenvalue weighted by Gasteiger charge is -2.29. The highest BCUT2D eigenvalue weighted by molar-refractivity contribution is 5.80. The van der Waals surface area contributed by atoms with Crippen molar-refractivity contribution in [1.29, 1.82) is 0 Å². The number of carbonyl (C=O) groups is 1. The molecule has 0 radical (unpaired) electrons. The standard InChI is InChI=1S/C14H27NO/c1-4-7-14(16)11-15(10-12(2)3)13-8-5-6-9-13/h12-13H,4-11H2,1-3H3. The number of hydrogen-bond donors (Lipinski definition) is 0. The van der Waals surface area contributed by atoms with Gasteiger partial charge in [0, 0.05) is 19.0 Å². The smallest absolute Gasteiger partial charge is 0.146 e. The summed E-state index contributed by atoms with van der Waals surface area (Å²) < 4.78 is 0. The molecule has 1 aliphatic carbocycles. The van der Waals surface area contributed by atoms with Crippen LogP contribution in [0.4, 0.5) is 0 Å². The van der Waals surface area contributed by atoms with Gasteiger partial charge in [0.25, 0.3) is 0 Å². The van der Waals surface area contributed by atoms with E-state index >= 15 is 0 Å². The SMILES string of the molecule is CCCC(=O)CN(CC(C)C)C1CCCC1. The van der Waals surface area contributed by atoms with Gasteiger partial charge in [-0.15, -0.1) is 0 Å². The predicted molar refractivity (Wildman–Crippen MR) is 68.6 cm³/mol. The van der Waals surface area contributed by atoms with E-state index in [0.717, 1.165) is 19.4 Å². The number of ketones is 1. The first-order valence-electron chi connectivity index (χ1n) is 6.89. The molecule has 0 amide bonds. The molecule has 0 unspecified atom stereocenters. The normalized spacial score (nSPS) is 17.6. The van der Waals surface area contributed by atoms with Crippen molar-refractivity contribution >= 4 is 5.78 Å². The van der Waals surface area contributed by atoms with Crippen LogP contribution in [0.1, 0.15) is 59.3 Å². The van der Waals surface area contributed by atoms with Crippen LogP contribution in [0.3, 0.4) is 0 Å². The Hall–Kier alpha value is -0.370. The highest BCUT2D eigenvalue weighted by Gasteiger charge is 2.24. The number of rotatable bonds is 7. The van der Waals surface area contributed by atoms with E-state index in [9.17, 15) is 4.79 Å². The monoisotopic (exact) mass is 225 g/mol. The third-order valence-electron chi connectivity index (χ3n) is 3.35. The second-order valence-electron chi connectivity index (χ2n) is 5.55. The Morgan fingerprint density at radius 3 is 2.44 bits per heavy atom. The predicted octanol–water partition coefficient (Wildman–Crippen LogP) is 3.26. The molecule has 0 aromatic heterocycles. The van der Waals surface area contributed by atoms with Crippen molar-refractivity contribution in [2.24, 2.45) is 5.92 Å². The quantitative estimate of drug-likeness (QED) is 0.663. The zero-order chi connectivity index (χ0) is 12.0. The minimum atomic E-state index is 0.426. The third-order valence-corrected chi connectivity index (χ3v) is 3.35. The molecule has 1 saturated carbocycles. The van der Waals surface area contributed by atoms with Crippen LogP contribution in [0.2, 0.25) is 0 Å². The molecule has 94 valence electrons. The van der Waals surface area contributed by atoms with Gasteiger partial charge in [0.2, 0.25) is 0 Å². The number of Topliss-reactive ketones (excluding diaryl/α,β-unsaturated/α-hetero) is 1. The van der Waals surface area contributed by atoms with Gasteiger partial charge >= 0.3 is 0 Å². The van der Waals surface area contributed by atoms with Gasteiger partial charge in [-0.3, -0.25) is 9.69 Å². The maximum atomic E-state index is 11.8. The molecule has 1 fully saturated rings. The van der Waals surface area contributed by atoms with Crippen LogP contribution in [-0.4, -0.2) is 29.8 Å². The van der Waals surface area contributed by atoms with Crippen LogP contribution in [0.5, 0.6) is 0 Å². The molecular formula is C14H27NO. The summed E-state index contributed by atoms with van der Waals surface area (Å²) in [6.45, 7) is 8.34. The van der Waals surface area contributed by atoms with E-state index in [0.29, 0.717) is 24.3 Å². The van der Waals surface area contributed by atoms with Crippen LogP contribution < -0.4 is 0 Å². The van der Waals surface area contributed by atoms with Crippen LogP contribution in [0, 0.1) is 5.92 Å². The van der Waals surface area contributed by atoms with Gasteiger partial charge in [-0.25, -0.2) is 0 Å². The Morgan fingerprint density at radius 1 is 1.31 bits per heavy atom. The number of hydrogen-bond acceptors (Lipinski definition) is 2. The van der Waals surface area contributed by atoms with E-state index in [2.05, 4.69) is 25.7 Å². The van der Waals surface area contributed by atoms with Gasteiger partial charge in [-0.2, -0.15) is 0 Å². The summed E-state index contributed by atoms with van der Waals surface area (Å²) in [7, 11) is 0. The summed E-state index contributed by atoms with van der Waals surface area (Å²) in [6.07, 6.45) is 7.03. The summed E-state index contributed by atoms with van der Waals surface area (Å²) in [6, 6.07) is 0.684. The molecule has 0 bridgehead atoms. The molecule has 0 aromatic carbocycles. The van der Waals surface area contributed by atoms with Crippen LogP contribution in [0.25, 0.3) is 0 Å². The molecule has 0 saturated heterocycles. The first-order chi connectivity index (χ1) is 7.63. The maximum Gasteiger partial charge on any atom is 0.146 e. The number of carbonyl (C=O) groups excluding carboxylic acids is 1. The lowest BCUT2D eigenvalue weighted by atomic mass is 10.1. The lowest BCUT2D eigenvalue weighted by molar-refractivity contribution is -0.120. The van der Waals surface area contributed by atoms with E-state index < -0.39 is 0 Å². The molecule has 0 N–H and O–H groups in total. The maximum absolute atomic E-state index is 11.8. The van der Waals surface area contributed by atoms with Crippen molar-refractivity contribution in [2.45, 2.75) is 65.3 Å². The van der Waals surface area contributed by atoms with Crippen LogP contribution in [-0.2, 0) is 4.79 Å². The van der Waals surface area contributed by atoms with Crippen molar-refractivity contribution < 1.29 is 4.79 Å². The molecule has 0 aromatic rings. The Kier molecular flexibility index (Phi) is 6.04. The van der Waals surface area contributed by atoms with E-state index in [1.165, 1.54) is 25.7 Å². The second-order valence-corrected chi connectivity index (χ2v) is 5.55. The first-order valence-corrected chi connectivity index (χ1v) is 6.89. The van der Waals surface area contributed by atoms with Gasteiger partial charge in [-0.1, -0.05) is 33.6 Å². The van der Waals surface area contributed by atoms with Crippen molar-refractivity contribution in [1.82, 2.24) is 4.90 Å². The fourth-order valence-electron chi connectivity index (χ4n) is 2.67. The summed E-state index contributed by atoms with van der Waals surface area (Å²) in [5.74, 6) is 1.09. The summed E-state index contributed by atoms with van der Waals surface area (Å²) in [5, 5.41) is 0. The Bertz CT molecular complexity index is 207. The van der Waals surface area contributed by atoms with Gasteiger partial charge in [0.05, 0.1) is 6.54 Å². The van der Waals surface area contributed by atoms with E-state index in [1.807, 2.05) is 0 Å². The third kappa shape index (κ3) is 4.65. The Morgan fingerprint density at radius 2 is 1.94 bits per heavy atom. The van der Waals surface area contributed by atoms with Crippen molar-refractivity contribution in [3.8, 4) is 0 Å². The van der Waals surface area contributed by atoms with E-state index in [-0.39, 0.29) is 0 Å². The molecule has 1 rings (SSSR count). The summed E-state index contributed by atoms with van der Waals surface area (Å²) >= 11 is 0. The molecule has 2 heteroatoms. The van der Waals surface area contributed by atoms with E-state index in [1.54, 1.807) is 0 Å². The average molecular weight is 225 g/mol. The molecule has 2 nitrogen and oxygen atoms in total. The Labute approximate surface area is 100 Å². The van der Waals surface area contributed by atoms with E-state index in [4.69, 9.17) is 0 Å². The minimum Gasteiger partial charge on any atom is -0.298 e. The molecule has 1 aliphatic rings. The van der Waals surface area contributed by atoms with Crippen molar-refractivity contribution in [3.05, 3.63) is 0 Å². The highest BCUT2D eigenvalue weighted by atomic mass is 16.1. The van der Waals surface area contributed by atoms with Crippen molar-refractivity contribution in [2.75, 3.05) is 13.1 Å². The summed E-state index contributed by atoms with van der Waals surface area (Å²) in [5.41, 5.74) is 0. The van der Waals surface area contributed by atoms with Gasteiger partial charge in [-0.05, 0) is 25.2 Å². The number of nitrogens with zero attached hydrogens (tertiary/aromatic N) is 1. The van der Waals surface area contributed by atoms with Gasteiger partial charge in [0.1, 0.15) is 5.78 Å². The molecule has 0 spiro atoms. The van der Waals surface area contributed by atoms with Crippen LogP contribution in [0.15, 0.2) is 0 Å². The first kappa shape index (κ1) is 13.7. The molecule has 16 heavy (non-hydrogen) atoms. The Balaban J connectivity index is 2.45. The summed E-state index contributed by atoms with van der Waals surface area (Å²) in [4.78, 5) is 14.2. The molecule has 0 aliphatic heterocycles.